The van der Waals surface area contributed by atoms with Crippen LogP contribution in [-0.2, 0) is 10.0 Å². The van der Waals surface area contributed by atoms with Gasteiger partial charge in [-0.1, -0.05) is 13.8 Å². The molecule has 0 aromatic carbocycles. The number of nitriles is 1. The van der Waals surface area contributed by atoms with E-state index in [1.54, 1.807) is 6.07 Å². The number of hydrogen-bond acceptors (Lipinski definition) is 3. The minimum atomic E-state index is -3.46. The molecule has 1 aliphatic carbocycles. The SMILES string of the molecule is CC(C#N)S(=O)(=O)NC1CCC(C)(C)CC1. The summed E-state index contributed by atoms with van der Waals surface area (Å²) in [5.41, 5.74) is 0.322. The van der Waals surface area contributed by atoms with E-state index >= 15 is 0 Å². The van der Waals surface area contributed by atoms with E-state index in [1.807, 2.05) is 0 Å². The van der Waals surface area contributed by atoms with Gasteiger partial charge in [0.25, 0.3) is 0 Å². The van der Waals surface area contributed by atoms with Crippen molar-refractivity contribution in [1.29, 1.82) is 5.26 Å². The van der Waals surface area contributed by atoms with Crippen molar-refractivity contribution < 1.29 is 8.42 Å². The van der Waals surface area contributed by atoms with Crippen molar-refractivity contribution in [3.05, 3.63) is 0 Å². The Hall–Kier alpha value is -0.600. The lowest BCUT2D eigenvalue weighted by molar-refractivity contribution is 0.218. The lowest BCUT2D eigenvalue weighted by atomic mass is 9.76. The number of rotatable bonds is 3. The van der Waals surface area contributed by atoms with Gasteiger partial charge in [0.05, 0.1) is 6.07 Å². The molecule has 0 aromatic rings. The Bertz CT molecular complexity index is 371. The van der Waals surface area contributed by atoms with Gasteiger partial charge in [-0.05, 0) is 38.0 Å². The fraction of sp³-hybridized carbons (Fsp3) is 0.909. The van der Waals surface area contributed by atoms with E-state index < -0.39 is 15.3 Å². The molecule has 5 heteroatoms. The highest BCUT2D eigenvalue weighted by Gasteiger charge is 2.30. The standard InChI is InChI=1S/C11H20N2O2S/c1-9(8-12)16(14,15)13-10-4-6-11(2,3)7-5-10/h9-10,13H,4-7H2,1-3H3. The zero-order valence-electron chi connectivity index (χ0n) is 10.2. The Morgan fingerprint density at radius 3 is 2.31 bits per heavy atom. The zero-order chi connectivity index (χ0) is 12.4. The van der Waals surface area contributed by atoms with Gasteiger partial charge in [-0.2, -0.15) is 5.26 Å². The molecule has 0 amide bonds. The molecule has 1 N–H and O–H groups in total. The van der Waals surface area contributed by atoms with Gasteiger partial charge in [0.15, 0.2) is 5.25 Å². The zero-order valence-corrected chi connectivity index (χ0v) is 11.0. The summed E-state index contributed by atoms with van der Waals surface area (Å²) in [6, 6.07) is 1.77. The summed E-state index contributed by atoms with van der Waals surface area (Å²) in [4.78, 5) is 0. The third-order valence-corrected chi connectivity index (χ3v) is 5.02. The summed E-state index contributed by atoms with van der Waals surface area (Å²) in [6.07, 6.45) is 3.79. The Labute approximate surface area is 98.1 Å². The molecular weight excluding hydrogens is 224 g/mol. The van der Waals surface area contributed by atoms with Gasteiger partial charge in [-0.3, -0.25) is 0 Å². The molecule has 0 radical (unpaired) electrons. The molecule has 0 aromatic heterocycles. The van der Waals surface area contributed by atoms with Gasteiger partial charge in [-0.25, -0.2) is 13.1 Å². The Morgan fingerprint density at radius 2 is 1.88 bits per heavy atom. The predicted octanol–water partition coefficient (Wildman–Crippen LogP) is 1.79. The molecule has 0 bridgehead atoms. The predicted molar refractivity (Wildman–Crippen MR) is 63.2 cm³/mol. The molecule has 1 rings (SSSR count). The third-order valence-electron chi connectivity index (χ3n) is 3.32. The summed E-state index contributed by atoms with van der Waals surface area (Å²) in [5, 5.41) is 7.64. The maximum absolute atomic E-state index is 11.7. The van der Waals surface area contributed by atoms with Crippen molar-refractivity contribution in [2.75, 3.05) is 0 Å². The van der Waals surface area contributed by atoms with Crippen molar-refractivity contribution in [3.63, 3.8) is 0 Å². The van der Waals surface area contributed by atoms with Crippen LogP contribution in [0, 0.1) is 16.7 Å². The van der Waals surface area contributed by atoms with Gasteiger partial charge >= 0.3 is 0 Å². The number of hydrogen-bond donors (Lipinski definition) is 1. The molecule has 0 spiro atoms. The molecule has 1 atom stereocenters. The van der Waals surface area contributed by atoms with E-state index in [2.05, 4.69) is 18.6 Å². The molecule has 1 aliphatic rings. The number of nitrogens with zero attached hydrogens (tertiary/aromatic N) is 1. The number of sulfonamides is 1. The lowest BCUT2D eigenvalue weighted by Gasteiger charge is -2.34. The van der Waals surface area contributed by atoms with Gasteiger partial charge in [0.1, 0.15) is 0 Å². The topological polar surface area (TPSA) is 70.0 Å². The maximum atomic E-state index is 11.7. The molecular formula is C11H20N2O2S. The van der Waals surface area contributed by atoms with Crippen LogP contribution in [0.3, 0.4) is 0 Å². The highest BCUT2D eigenvalue weighted by Crippen LogP contribution is 2.35. The third kappa shape index (κ3) is 3.46. The summed E-state index contributed by atoms with van der Waals surface area (Å²) < 4.78 is 25.9. The van der Waals surface area contributed by atoms with Crippen molar-refractivity contribution >= 4 is 10.0 Å². The highest BCUT2D eigenvalue weighted by atomic mass is 32.2. The second-order valence-corrected chi connectivity index (χ2v) is 7.41. The van der Waals surface area contributed by atoms with Crippen LogP contribution in [0.15, 0.2) is 0 Å². The van der Waals surface area contributed by atoms with Crippen LogP contribution in [0.1, 0.15) is 46.5 Å². The largest absolute Gasteiger partial charge is 0.227 e. The van der Waals surface area contributed by atoms with E-state index in [4.69, 9.17) is 5.26 Å². The van der Waals surface area contributed by atoms with E-state index in [1.165, 1.54) is 6.92 Å². The molecule has 1 saturated carbocycles. The van der Waals surface area contributed by atoms with Gasteiger partial charge in [0.2, 0.25) is 10.0 Å². The van der Waals surface area contributed by atoms with Crippen molar-refractivity contribution in [3.8, 4) is 6.07 Å². The first-order valence-electron chi connectivity index (χ1n) is 5.68. The quantitative estimate of drug-likeness (QED) is 0.822. The minimum absolute atomic E-state index is 0.00817. The second kappa shape index (κ2) is 4.72. The average Bonchev–Trinajstić information content (AvgIpc) is 2.20. The van der Waals surface area contributed by atoms with E-state index in [9.17, 15) is 8.42 Å². The molecule has 16 heavy (non-hydrogen) atoms. The smallest absolute Gasteiger partial charge is 0.211 e. The molecule has 1 fully saturated rings. The van der Waals surface area contributed by atoms with Crippen LogP contribution in [-0.4, -0.2) is 19.7 Å². The van der Waals surface area contributed by atoms with E-state index in [0.717, 1.165) is 25.7 Å². The molecule has 0 saturated heterocycles. The average molecular weight is 244 g/mol. The van der Waals surface area contributed by atoms with Crippen LogP contribution in [0.4, 0.5) is 0 Å². The first-order valence-corrected chi connectivity index (χ1v) is 7.22. The summed E-state index contributed by atoms with van der Waals surface area (Å²) in [5.74, 6) is 0. The summed E-state index contributed by atoms with van der Waals surface area (Å²) in [6.45, 7) is 5.82. The van der Waals surface area contributed by atoms with E-state index in [-0.39, 0.29) is 6.04 Å². The van der Waals surface area contributed by atoms with Crippen LogP contribution < -0.4 is 4.72 Å². The fourth-order valence-electron chi connectivity index (χ4n) is 1.92. The molecule has 0 aliphatic heterocycles. The monoisotopic (exact) mass is 244 g/mol. The van der Waals surface area contributed by atoms with Crippen molar-refractivity contribution in [1.82, 2.24) is 4.72 Å². The van der Waals surface area contributed by atoms with Gasteiger partial charge in [-0.15, -0.1) is 0 Å². The first-order chi connectivity index (χ1) is 7.27. The maximum Gasteiger partial charge on any atom is 0.227 e. The second-order valence-electron chi connectivity index (χ2n) is 5.37. The van der Waals surface area contributed by atoms with Crippen LogP contribution in [0.25, 0.3) is 0 Å². The van der Waals surface area contributed by atoms with Crippen molar-refractivity contribution in [2.45, 2.75) is 57.7 Å². The Kier molecular flexibility index (Phi) is 3.97. The van der Waals surface area contributed by atoms with Crippen LogP contribution in [0.5, 0.6) is 0 Å². The van der Waals surface area contributed by atoms with Crippen LogP contribution in [0.2, 0.25) is 0 Å². The summed E-state index contributed by atoms with van der Waals surface area (Å²) >= 11 is 0. The Balaban J connectivity index is 2.55. The fourth-order valence-corrected chi connectivity index (χ4v) is 2.96. The molecule has 92 valence electrons. The van der Waals surface area contributed by atoms with Gasteiger partial charge in [0, 0.05) is 6.04 Å². The first kappa shape index (κ1) is 13.5. The molecule has 1 unspecified atom stereocenters. The normalized spacial score (nSPS) is 23.6. The number of nitrogens with one attached hydrogen (secondary N) is 1. The van der Waals surface area contributed by atoms with E-state index in [0.29, 0.717) is 5.41 Å². The van der Waals surface area contributed by atoms with Gasteiger partial charge < -0.3 is 0 Å². The summed E-state index contributed by atoms with van der Waals surface area (Å²) in [7, 11) is -3.46. The Morgan fingerprint density at radius 1 is 1.38 bits per heavy atom. The minimum Gasteiger partial charge on any atom is -0.211 e. The molecule has 4 nitrogen and oxygen atoms in total. The van der Waals surface area contributed by atoms with Crippen LogP contribution >= 0.6 is 0 Å². The lowest BCUT2D eigenvalue weighted by Crippen LogP contribution is -2.42. The van der Waals surface area contributed by atoms with Crippen molar-refractivity contribution in [2.24, 2.45) is 5.41 Å². The molecule has 0 heterocycles. The highest BCUT2D eigenvalue weighted by molar-refractivity contribution is 7.90.